The van der Waals surface area contributed by atoms with E-state index in [0.29, 0.717) is 5.92 Å². The molecule has 0 unspecified atom stereocenters. The first-order valence-electron chi connectivity index (χ1n) is 7.74. The van der Waals surface area contributed by atoms with Gasteiger partial charge in [-0.1, -0.05) is 26.0 Å². The average molecular weight is 274 g/mol. The molecule has 2 rings (SSSR count). The maximum absolute atomic E-state index is 12.0. The summed E-state index contributed by atoms with van der Waals surface area (Å²) in [5, 5.41) is 2.97. The Morgan fingerprint density at radius 1 is 1.20 bits per heavy atom. The predicted molar refractivity (Wildman–Crippen MR) is 82.7 cm³/mol. The van der Waals surface area contributed by atoms with Gasteiger partial charge in [0.05, 0.1) is 0 Å². The molecule has 3 heteroatoms. The molecule has 0 spiro atoms. The van der Waals surface area contributed by atoms with Crippen LogP contribution in [0.4, 0.5) is 0 Å². The zero-order valence-corrected chi connectivity index (χ0v) is 12.7. The Hall–Kier alpha value is -1.35. The van der Waals surface area contributed by atoms with Gasteiger partial charge in [0.1, 0.15) is 0 Å². The van der Waals surface area contributed by atoms with Crippen LogP contribution in [0.5, 0.6) is 0 Å². The number of hydrogen-bond donors (Lipinski definition) is 1. The maximum atomic E-state index is 12.0. The fourth-order valence-electron chi connectivity index (χ4n) is 2.54. The highest BCUT2D eigenvalue weighted by Gasteiger charge is 2.12. The highest BCUT2D eigenvalue weighted by Crippen LogP contribution is 2.13. The van der Waals surface area contributed by atoms with Crippen molar-refractivity contribution in [1.82, 2.24) is 10.2 Å². The number of nitrogens with zero attached hydrogens (tertiary/aromatic N) is 1. The molecule has 1 N–H and O–H groups in total. The van der Waals surface area contributed by atoms with Gasteiger partial charge in [-0.15, -0.1) is 0 Å². The smallest absolute Gasteiger partial charge is 0.251 e. The van der Waals surface area contributed by atoms with Gasteiger partial charge in [0.15, 0.2) is 0 Å². The van der Waals surface area contributed by atoms with Crippen LogP contribution in [-0.4, -0.2) is 30.4 Å². The number of benzene rings is 1. The van der Waals surface area contributed by atoms with Crippen LogP contribution in [0.15, 0.2) is 24.3 Å². The SMILES string of the molecule is CC(C)CCNC(=O)c1ccc(CN2CCCC2)cc1. The molecule has 110 valence electrons. The van der Waals surface area contributed by atoms with Crippen molar-refractivity contribution < 1.29 is 4.79 Å². The van der Waals surface area contributed by atoms with Crippen molar-refractivity contribution in [3.8, 4) is 0 Å². The lowest BCUT2D eigenvalue weighted by Crippen LogP contribution is -2.25. The number of likely N-dealkylation sites (tertiary alicyclic amines) is 1. The van der Waals surface area contributed by atoms with E-state index in [9.17, 15) is 4.79 Å². The second-order valence-electron chi connectivity index (χ2n) is 6.12. The summed E-state index contributed by atoms with van der Waals surface area (Å²) in [5.74, 6) is 0.663. The minimum Gasteiger partial charge on any atom is -0.352 e. The Bertz CT molecular complexity index is 419. The molecule has 1 aromatic carbocycles. The molecule has 0 aromatic heterocycles. The monoisotopic (exact) mass is 274 g/mol. The highest BCUT2D eigenvalue weighted by molar-refractivity contribution is 5.94. The van der Waals surface area contributed by atoms with Gasteiger partial charge >= 0.3 is 0 Å². The molecule has 0 radical (unpaired) electrons. The molecule has 20 heavy (non-hydrogen) atoms. The second-order valence-corrected chi connectivity index (χ2v) is 6.12. The summed E-state index contributed by atoms with van der Waals surface area (Å²) in [6, 6.07) is 8.04. The fraction of sp³-hybridized carbons (Fsp3) is 0.588. The largest absolute Gasteiger partial charge is 0.352 e. The highest BCUT2D eigenvalue weighted by atomic mass is 16.1. The predicted octanol–water partition coefficient (Wildman–Crippen LogP) is 3.06. The molecular formula is C17H26N2O. The van der Waals surface area contributed by atoms with Gasteiger partial charge in [-0.3, -0.25) is 9.69 Å². The van der Waals surface area contributed by atoms with Crippen LogP contribution in [0, 0.1) is 5.92 Å². The van der Waals surface area contributed by atoms with Crippen molar-refractivity contribution in [2.24, 2.45) is 5.92 Å². The molecule has 1 aliphatic heterocycles. The number of rotatable bonds is 6. The lowest BCUT2D eigenvalue weighted by Gasteiger charge is -2.14. The second kappa shape index (κ2) is 7.44. The van der Waals surface area contributed by atoms with Crippen molar-refractivity contribution in [1.29, 1.82) is 0 Å². The van der Waals surface area contributed by atoms with E-state index in [1.165, 1.54) is 31.5 Å². The fourth-order valence-corrected chi connectivity index (χ4v) is 2.54. The van der Waals surface area contributed by atoms with Gasteiger partial charge in [0.2, 0.25) is 0 Å². The molecule has 1 amide bonds. The van der Waals surface area contributed by atoms with E-state index in [1.807, 2.05) is 12.1 Å². The number of hydrogen-bond acceptors (Lipinski definition) is 2. The molecular weight excluding hydrogens is 248 g/mol. The number of nitrogens with one attached hydrogen (secondary N) is 1. The van der Waals surface area contributed by atoms with E-state index in [2.05, 4.69) is 36.2 Å². The third-order valence-electron chi connectivity index (χ3n) is 3.83. The van der Waals surface area contributed by atoms with Crippen LogP contribution in [-0.2, 0) is 6.54 Å². The van der Waals surface area contributed by atoms with E-state index in [0.717, 1.165) is 25.1 Å². The Kier molecular flexibility index (Phi) is 5.60. The van der Waals surface area contributed by atoms with Crippen molar-refractivity contribution in [3.63, 3.8) is 0 Å². The summed E-state index contributed by atoms with van der Waals surface area (Å²) < 4.78 is 0. The summed E-state index contributed by atoms with van der Waals surface area (Å²) in [6.45, 7) is 8.51. The van der Waals surface area contributed by atoms with E-state index < -0.39 is 0 Å². The normalized spacial score (nSPS) is 15.8. The number of amides is 1. The summed E-state index contributed by atoms with van der Waals surface area (Å²) in [4.78, 5) is 14.4. The molecule has 0 aliphatic carbocycles. The first-order chi connectivity index (χ1) is 9.65. The van der Waals surface area contributed by atoms with Gasteiger partial charge in [-0.25, -0.2) is 0 Å². The van der Waals surface area contributed by atoms with Gasteiger partial charge in [0, 0.05) is 18.7 Å². The van der Waals surface area contributed by atoms with Crippen LogP contribution in [0.25, 0.3) is 0 Å². The summed E-state index contributed by atoms with van der Waals surface area (Å²) in [6.07, 6.45) is 3.66. The van der Waals surface area contributed by atoms with Crippen LogP contribution in [0.1, 0.15) is 49.0 Å². The van der Waals surface area contributed by atoms with Gasteiger partial charge < -0.3 is 5.32 Å². The molecule has 1 aromatic rings. The Balaban J connectivity index is 1.82. The maximum Gasteiger partial charge on any atom is 0.251 e. The minimum atomic E-state index is 0.0402. The van der Waals surface area contributed by atoms with Crippen LogP contribution < -0.4 is 5.32 Å². The van der Waals surface area contributed by atoms with Gasteiger partial charge in [-0.05, 0) is 56.0 Å². The first kappa shape index (κ1) is 15.0. The summed E-state index contributed by atoms with van der Waals surface area (Å²) in [7, 11) is 0. The quantitative estimate of drug-likeness (QED) is 0.864. The van der Waals surface area contributed by atoms with Crippen molar-refractivity contribution in [3.05, 3.63) is 35.4 Å². The lowest BCUT2D eigenvalue weighted by molar-refractivity contribution is 0.0952. The summed E-state index contributed by atoms with van der Waals surface area (Å²) in [5.41, 5.74) is 2.06. The molecule has 3 nitrogen and oxygen atoms in total. The first-order valence-corrected chi connectivity index (χ1v) is 7.74. The minimum absolute atomic E-state index is 0.0402. The van der Waals surface area contributed by atoms with E-state index in [4.69, 9.17) is 0 Å². The van der Waals surface area contributed by atoms with Crippen molar-refractivity contribution in [2.45, 2.75) is 39.7 Å². The molecule has 0 bridgehead atoms. The molecule has 1 saturated heterocycles. The molecule has 0 atom stereocenters. The van der Waals surface area contributed by atoms with E-state index in [-0.39, 0.29) is 5.91 Å². The number of carbonyl (C=O) groups excluding carboxylic acids is 1. The summed E-state index contributed by atoms with van der Waals surface area (Å²) >= 11 is 0. The Morgan fingerprint density at radius 2 is 1.85 bits per heavy atom. The molecule has 1 heterocycles. The standard InChI is InChI=1S/C17H26N2O/c1-14(2)9-10-18-17(20)16-7-5-15(6-8-16)13-19-11-3-4-12-19/h5-8,14H,3-4,9-13H2,1-2H3,(H,18,20). The third kappa shape index (κ3) is 4.64. The lowest BCUT2D eigenvalue weighted by atomic mass is 10.1. The van der Waals surface area contributed by atoms with Crippen molar-refractivity contribution >= 4 is 5.91 Å². The topological polar surface area (TPSA) is 32.3 Å². The van der Waals surface area contributed by atoms with Gasteiger partial charge in [0.25, 0.3) is 5.91 Å². The molecule has 0 saturated carbocycles. The zero-order valence-electron chi connectivity index (χ0n) is 12.7. The van der Waals surface area contributed by atoms with E-state index in [1.54, 1.807) is 0 Å². The number of carbonyl (C=O) groups is 1. The van der Waals surface area contributed by atoms with Crippen molar-refractivity contribution in [2.75, 3.05) is 19.6 Å². The molecule has 1 fully saturated rings. The third-order valence-corrected chi connectivity index (χ3v) is 3.83. The van der Waals surface area contributed by atoms with Crippen LogP contribution in [0.3, 0.4) is 0 Å². The molecule has 1 aliphatic rings. The Labute approximate surface area is 122 Å². The van der Waals surface area contributed by atoms with Gasteiger partial charge in [-0.2, -0.15) is 0 Å². The Morgan fingerprint density at radius 3 is 2.45 bits per heavy atom. The van der Waals surface area contributed by atoms with E-state index >= 15 is 0 Å². The van der Waals surface area contributed by atoms with Crippen LogP contribution in [0.2, 0.25) is 0 Å². The zero-order chi connectivity index (χ0) is 14.4. The van der Waals surface area contributed by atoms with Crippen LogP contribution >= 0.6 is 0 Å². The average Bonchev–Trinajstić information content (AvgIpc) is 2.92.